The van der Waals surface area contributed by atoms with Gasteiger partial charge >= 0.3 is 0 Å². The fraction of sp³-hybridized carbons (Fsp3) is 0.636. The van der Waals surface area contributed by atoms with Gasteiger partial charge in [0.25, 0.3) is 0 Å². The molecule has 1 heterocycles. The molecule has 29 heavy (non-hydrogen) atoms. The average Bonchev–Trinajstić information content (AvgIpc) is 3.50. The second kappa shape index (κ2) is 11.6. The third-order valence-corrected chi connectivity index (χ3v) is 5.60. The zero-order valence-electron chi connectivity index (χ0n) is 18.0. The minimum absolute atomic E-state index is 0. The summed E-state index contributed by atoms with van der Waals surface area (Å²) in [6.07, 6.45) is 3.65. The van der Waals surface area contributed by atoms with Gasteiger partial charge in [0.15, 0.2) is 5.96 Å². The molecule has 7 heteroatoms. The first-order valence-electron chi connectivity index (χ1n) is 10.7. The molecule has 6 nitrogen and oxygen atoms in total. The Morgan fingerprint density at radius 2 is 1.90 bits per heavy atom. The molecule has 1 aromatic carbocycles. The van der Waals surface area contributed by atoms with Crippen LogP contribution in [0, 0.1) is 13.8 Å². The number of guanidine groups is 1. The van der Waals surface area contributed by atoms with Gasteiger partial charge in [0.1, 0.15) is 0 Å². The summed E-state index contributed by atoms with van der Waals surface area (Å²) in [5.41, 5.74) is 4.07. The first-order chi connectivity index (χ1) is 13.6. The SMILES string of the molecule is CCNC(=NCCCC(=O)NC1CC1)N1CCN(c2cccc(C)c2C)CC1.I. The van der Waals surface area contributed by atoms with Gasteiger partial charge in [0.2, 0.25) is 5.91 Å². The number of carbonyl (C=O) groups is 1. The molecule has 0 bridgehead atoms. The molecule has 2 N–H and O–H groups in total. The van der Waals surface area contributed by atoms with E-state index in [0.29, 0.717) is 19.0 Å². The molecule has 0 atom stereocenters. The van der Waals surface area contributed by atoms with Crippen molar-refractivity contribution in [2.75, 3.05) is 44.2 Å². The van der Waals surface area contributed by atoms with Gasteiger partial charge in [-0.05, 0) is 57.2 Å². The molecular weight excluding hydrogens is 477 g/mol. The topological polar surface area (TPSA) is 60.0 Å². The van der Waals surface area contributed by atoms with Gasteiger partial charge < -0.3 is 20.4 Å². The maximum absolute atomic E-state index is 11.8. The largest absolute Gasteiger partial charge is 0.368 e. The predicted molar refractivity (Wildman–Crippen MR) is 131 cm³/mol. The summed E-state index contributed by atoms with van der Waals surface area (Å²) in [7, 11) is 0. The standard InChI is InChI=1S/C22H35N5O.HI/c1-4-23-22(24-12-6-9-21(28)25-19-10-11-19)27-15-13-26(14-16-27)20-8-5-7-17(2)18(20)3;/h5,7-8,19H,4,6,9-16H2,1-3H3,(H,23,24)(H,25,28);1H. The lowest BCUT2D eigenvalue weighted by molar-refractivity contribution is -0.121. The van der Waals surface area contributed by atoms with Crippen molar-refractivity contribution in [2.45, 2.75) is 52.5 Å². The minimum Gasteiger partial charge on any atom is -0.368 e. The van der Waals surface area contributed by atoms with E-state index in [9.17, 15) is 4.79 Å². The molecular formula is C22H36IN5O. The van der Waals surface area contributed by atoms with Crippen molar-refractivity contribution < 1.29 is 4.79 Å². The molecule has 1 aliphatic carbocycles. The zero-order chi connectivity index (χ0) is 19.9. The third-order valence-electron chi connectivity index (χ3n) is 5.60. The fourth-order valence-electron chi connectivity index (χ4n) is 3.62. The second-order valence-corrected chi connectivity index (χ2v) is 7.87. The van der Waals surface area contributed by atoms with Crippen molar-refractivity contribution in [1.82, 2.24) is 15.5 Å². The Bertz CT molecular complexity index is 696. The number of anilines is 1. The molecule has 1 amide bonds. The van der Waals surface area contributed by atoms with Crippen molar-refractivity contribution in [3.05, 3.63) is 29.3 Å². The van der Waals surface area contributed by atoms with Crippen LogP contribution in [0.4, 0.5) is 5.69 Å². The zero-order valence-corrected chi connectivity index (χ0v) is 20.4. The van der Waals surface area contributed by atoms with Crippen molar-refractivity contribution in [2.24, 2.45) is 4.99 Å². The van der Waals surface area contributed by atoms with E-state index in [4.69, 9.17) is 4.99 Å². The Labute approximate surface area is 192 Å². The molecule has 0 spiro atoms. The van der Waals surface area contributed by atoms with Crippen molar-refractivity contribution >= 4 is 41.5 Å². The van der Waals surface area contributed by atoms with Crippen LogP contribution >= 0.6 is 24.0 Å². The van der Waals surface area contributed by atoms with Gasteiger partial charge in [-0.3, -0.25) is 9.79 Å². The third kappa shape index (κ3) is 7.04. The second-order valence-electron chi connectivity index (χ2n) is 7.87. The highest BCUT2D eigenvalue weighted by molar-refractivity contribution is 14.0. The lowest BCUT2D eigenvalue weighted by atomic mass is 10.1. The van der Waals surface area contributed by atoms with Gasteiger partial charge in [-0.1, -0.05) is 12.1 Å². The van der Waals surface area contributed by atoms with Gasteiger partial charge in [0.05, 0.1) is 0 Å². The number of benzene rings is 1. The molecule has 3 rings (SSSR count). The number of halogens is 1. The lowest BCUT2D eigenvalue weighted by Gasteiger charge is -2.38. The van der Waals surface area contributed by atoms with Crippen LogP contribution in [0.2, 0.25) is 0 Å². The molecule has 0 radical (unpaired) electrons. The summed E-state index contributed by atoms with van der Waals surface area (Å²) in [6, 6.07) is 7.00. The Kier molecular flexibility index (Phi) is 9.52. The Morgan fingerprint density at radius 1 is 1.17 bits per heavy atom. The number of nitrogens with zero attached hydrogens (tertiary/aromatic N) is 3. The highest BCUT2D eigenvalue weighted by atomic mass is 127. The summed E-state index contributed by atoms with van der Waals surface area (Å²) < 4.78 is 0. The summed E-state index contributed by atoms with van der Waals surface area (Å²) in [4.78, 5) is 21.4. The van der Waals surface area contributed by atoms with Crippen LogP contribution in [-0.4, -0.2) is 62.1 Å². The van der Waals surface area contributed by atoms with E-state index in [-0.39, 0.29) is 29.9 Å². The smallest absolute Gasteiger partial charge is 0.220 e. The van der Waals surface area contributed by atoms with Crippen molar-refractivity contribution in [3.63, 3.8) is 0 Å². The first-order valence-corrected chi connectivity index (χ1v) is 10.7. The fourth-order valence-corrected chi connectivity index (χ4v) is 3.62. The van der Waals surface area contributed by atoms with Crippen LogP contribution in [-0.2, 0) is 4.79 Å². The minimum atomic E-state index is 0. The normalized spacial score (nSPS) is 17.0. The number of piperazine rings is 1. The molecule has 1 aromatic rings. The van der Waals surface area contributed by atoms with Gasteiger partial charge in [-0.25, -0.2) is 0 Å². The molecule has 1 saturated carbocycles. The number of aliphatic imine (C=N–C) groups is 1. The summed E-state index contributed by atoms with van der Waals surface area (Å²) in [5, 5.41) is 6.46. The van der Waals surface area contributed by atoms with E-state index >= 15 is 0 Å². The maximum Gasteiger partial charge on any atom is 0.220 e. The van der Waals surface area contributed by atoms with Crippen LogP contribution in [0.15, 0.2) is 23.2 Å². The van der Waals surface area contributed by atoms with Crippen LogP contribution in [0.3, 0.4) is 0 Å². The highest BCUT2D eigenvalue weighted by Crippen LogP contribution is 2.24. The van der Waals surface area contributed by atoms with E-state index in [2.05, 4.69) is 59.4 Å². The Morgan fingerprint density at radius 3 is 2.55 bits per heavy atom. The number of hydrogen-bond acceptors (Lipinski definition) is 3. The van der Waals surface area contributed by atoms with E-state index in [0.717, 1.165) is 57.9 Å². The lowest BCUT2D eigenvalue weighted by Crippen LogP contribution is -2.52. The molecule has 1 aliphatic heterocycles. The number of amides is 1. The highest BCUT2D eigenvalue weighted by Gasteiger charge is 2.23. The van der Waals surface area contributed by atoms with Crippen molar-refractivity contribution in [3.8, 4) is 0 Å². The molecule has 162 valence electrons. The quantitative estimate of drug-likeness (QED) is 0.255. The molecule has 0 unspecified atom stereocenters. The van der Waals surface area contributed by atoms with Crippen molar-refractivity contribution in [1.29, 1.82) is 0 Å². The van der Waals surface area contributed by atoms with Crippen LogP contribution in [0.5, 0.6) is 0 Å². The van der Waals surface area contributed by atoms with Crippen LogP contribution in [0.1, 0.15) is 43.7 Å². The first kappa shape index (κ1) is 23.8. The maximum atomic E-state index is 11.8. The molecule has 2 aliphatic rings. The Hall–Kier alpha value is -1.51. The van der Waals surface area contributed by atoms with Gasteiger partial charge in [0, 0.05) is 57.4 Å². The molecule has 1 saturated heterocycles. The monoisotopic (exact) mass is 513 g/mol. The van der Waals surface area contributed by atoms with E-state index in [1.807, 2.05) is 0 Å². The van der Waals surface area contributed by atoms with E-state index < -0.39 is 0 Å². The molecule has 2 fully saturated rings. The van der Waals surface area contributed by atoms with Crippen LogP contribution in [0.25, 0.3) is 0 Å². The summed E-state index contributed by atoms with van der Waals surface area (Å²) in [5.74, 6) is 1.15. The van der Waals surface area contributed by atoms with E-state index in [1.165, 1.54) is 16.8 Å². The number of hydrogen-bond donors (Lipinski definition) is 2. The number of carbonyl (C=O) groups excluding carboxylic acids is 1. The summed E-state index contributed by atoms with van der Waals surface area (Å²) >= 11 is 0. The number of aryl methyl sites for hydroxylation is 1. The molecule has 0 aromatic heterocycles. The average molecular weight is 513 g/mol. The summed E-state index contributed by atoms with van der Waals surface area (Å²) in [6.45, 7) is 12.0. The number of rotatable bonds is 7. The van der Waals surface area contributed by atoms with Gasteiger partial charge in [-0.2, -0.15) is 0 Å². The van der Waals surface area contributed by atoms with E-state index in [1.54, 1.807) is 0 Å². The van der Waals surface area contributed by atoms with Gasteiger partial charge in [-0.15, -0.1) is 24.0 Å². The van der Waals surface area contributed by atoms with Crippen LogP contribution < -0.4 is 15.5 Å². The Balaban J connectivity index is 0.00000300. The number of nitrogens with one attached hydrogen (secondary N) is 2. The predicted octanol–water partition coefficient (Wildman–Crippen LogP) is 3.07.